The Morgan fingerprint density at radius 3 is 2.22 bits per heavy atom. The first-order valence-corrected chi connectivity index (χ1v) is 12.4. The van der Waals surface area contributed by atoms with Crippen LogP contribution in [0.15, 0.2) is 85.2 Å². The molecule has 0 saturated carbocycles. The number of nitrogens with zero attached hydrogens (tertiary/aromatic N) is 4. The zero-order valence-electron chi connectivity index (χ0n) is 20.4. The molecule has 182 valence electrons. The standard InChI is InChI=1S/C30H25N5O2/c1-19-12-14-31-25(17-19)26-18-20(13-15-32-26)30(37)35-16-6-11-27(35)29(36)34-28-21-7-2-4-9-23(21)33-24-10-5-3-8-22(24)28/h2-5,7-10,12-15,17-18,27H,6,11,16H2,1H3,(H,33,34,36). The van der Waals surface area contributed by atoms with Crippen molar-refractivity contribution in [1.82, 2.24) is 19.9 Å². The van der Waals surface area contributed by atoms with Gasteiger partial charge in [-0.1, -0.05) is 36.4 Å². The van der Waals surface area contributed by atoms with E-state index in [9.17, 15) is 9.59 Å². The highest BCUT2D eigenvalue weighted by Gasteiger charge is 2.35. The topological polar surface area (TPSA) is 88.1 Å². The van der Waals surface area contributed by atoms with Gasteiger partial charge in [-0.15, -0.1) is 0 Å². The number of anilines is 1. The lowest BCUT2D eigenvalue weighted by molar-refractivity contribution is -0.119. The van der Waals surface area contributed by atoms with Crippen LogP contribution >= 0.6 is 0 Å². The molecule has 0 radical (unpaired) electrons. The van der Waals surface area contributed by atoms with Gasteiger partial charge >= 0.3 is 0 Å². The lowest BCUT2D eigenvalue weighted by atomic mass is 10.1. The quantitative estimate of drug-likeness (QED) is 0.343. The third-order valence-corrected chi connectivity index (χ3v) is 6.84. The Bertz CT molecular complexity index is 1610. The van der Waals surface area contributed by atoms with Gasteiger partial charge in [-0.3, -0.25) is 19.6 Å². The van der Waals surface area contributed by atoms with E-state index in [1.165, 1.54) is 0 Å². The van der Waals surface area contributed by atoms with Crippen molar-refractivity contribution in [2.24, 2.45) is 0 Å². The lowest BCUT2D eigenvalue weighted by Crippen LogP contribution is -2.43. The van der Waals surface area contributed by atoms with Gasteiger partial charge in [-0.25, -0.2) is 4.98 Å². The molecule has 7 nitrogen and oxygen atoms in total. The number of hydrogen-bond acceptors (Lipinski definition) is 5. The molecule has 7 heteroatoms. The first kappa shape index (κ1) is 22.8. The molecular weight excluding hydrogens is 462 g/mol. The van der Waals surface area contributed by atoms with Crippen LogP contribution in [0.3, 0.4) is 0 Å². The third-order valence-electron chi connectivity index (χ3n) is 6.84. The predicted molar refractivity (Wildman–Crippen MR) is 144 cm³/mol. The summed E-state index contributed by atoms with van der Waals surface area (Å²) in [5, 5.41) is 4.89. The molecule has 1 aliphatic rings. The van der Waals surface area contributed by atoms with Crippen molar-refractivity contribution in [3.05, 3.63) is 96.3 Å². The number of carbonyl (C=O) groups is 2. The molecule has 1 N–H and O–H groups in total. The molecule has 1 atom stereocenters. The van der Waals surface area contributed by atoms with Crippen LogP contribution in [0.1, 0.15) is 28.8 Å². The number of fused-ring (bicyclic) bond motifs is 2. The van der Waals surface area contributed by atoms with Crippen molar-refractivity contribution in [2.75, 3.05) is 11.9 Å². The molecule has 5 aromatic rings. The van der Waals surface area contributed by atoms with Gasteiger partial charge in [0.05, 0.1) is 28.1 Å². The van der Waals surface area contributed by atoms with Gasteiger partial charge in [-0.05, 0) is 61.7 Å². The largest absolute Gasteiger partial charge is 0.327 e. The van der Waals surface area contributed by atoms with E-state index in [0.717, 1.165) is 39.5 Å². The fourth-order valence-electron chi connectivity index (χ4n) is 5.01. The number of rotatable bonds is 4. The summed E-state index contributed by atoms with van der Waals surface area (Å²) in [6, 6.07) is 22.3. The van der Waals surface area contributed by atoms with Gasteiger partial charge in [0.1, 0.15) is 6.04 Å². The normalized spacial score (nSPS) is 15.3. The fourth-order valence-corrected chi connectivity index (χ4v) is 5.01. The Kier molecular flexibility index (Phi) is 5.81. The molecule has 37 heavy (non-hydrogen) atoms. The van der Waals surface area contributed by atoms with Gasteiger partial charge in [0.2, 0.25) is 5.91 Å². The van der Waals surface area contributed by atoms with E-state index >= 15 is 0 Å². The molecule has 0 bridgehead atoms. The van der Waals surface area contributed by atoms with Gasteiger partial charge in [0.15, 0.2) is 0 Å². The van der Waals surface area contributed by atoms with Crippen molar-refractivity contribution >= 4 is 39.3 Å². The van der Waals surface area contributed by atoms with Gasteiger partial charge in [0, 0.05) is 35.3 Å². The number of amides is 2. The maximum absolute atomic E-state index is 13.6. The Hall–Kier alpha value is -4.65. The summed E-state index contributed by atoms with van der Waals surface area (Å²) < 4.78 is 0. The Morgan fingerprint density at radius 1 is 0.865 bits per heavy atom. The number of para-hydroxylation sites is 2. The maximum Gasteiger partial charge on any atom is 0.254 e. The SMILES string of the molecule is Cc1ccnc(-c2cc(C(=O)N3CCCC3C(=O)Nc3c4ccccc4nc4ccccc34)ccn2)c1. The van der Waals surface area contributed by atoms with Crippen molar-refractivity contribution in [2.45, 2.75) is 25.8 Å². The first-order valence-electron chi connectivity index (χ1n) is 12.4. The van der Waals surface area contributed by atoms with Crippen LogP contribution in [-0.2, 0) is 4.79 Å². The molecule has 0 aliphatic carbocycles. The number of hydrogen-bond donors (Lipinski definition) is 1. The van der Waals surface area contributed by atoms with Crippen molar-refractivity contribution in [3.63, 3.8) is 0 Å². The zero-order valence-corrected chi connectivity index (χ0v) is 20.4. The number of carbonyl (C=O) groups excluding carboxylic acids is 2. The average Bonchev–Trinajstić information content (AvgIpc) is 3.43. The van der Waals surface area contributed by atoms with E-state index in [1.54, 1.807) is 29.4 Å². The summed E-state index contributed by atoms with van der Waals surface area (Å²) in [5.41, 5.74) is 5.24. The highest BCUT2D eigenvalue weighted by molar-refractivity contribution is 6.14. The second kappa shape index (κ2) is 9.43. The van der Waals surface area contributed by atoms with Crippen LogP contribution in [0.5, 0.6) is 0 Å². The van der Waals surface area contributed by atoms with Crippen LogP contribution in [-0.4, -0.2) is 44.3 Å². The van der Waals surface area contributed by atoms with E-state index in [0.29, 0.717) is 29.9 Å². The Morgan fingerprint density at radius 2 is 1.51 bits per heavy atom. The first-order chi connectivity index (χ1) is 18.1. The van der Waals surface area contributed by atoms with Crippen LogP contribution in [0.25, 0.3) is 33.2 Å². The molecule has 4 heterocycles. The molecule has 1 unspecified atom stereocenters. The smallest absolute Gasteiger partial charge is 0.254 e. The van der Waals surface area contributed by atoms with Crippen molar-refractivity contribution in [3.8, 4) is 11.4 Å². The highest BCUT2D eigenvalue weighted by Crippen LogP contribution is 2.32. The summed E-state index contributed by atoms with van der Waals surface area (Å²) in [5.74, 6) is -0.375. The molecule has 2 aromatic carbocycles. The summed E-state index contributed by atoms with van der Waals surface area (Å²) in [4.78, 5) is 42.4. The minimum absolute atomic E-state index is 0.182. The van der Waals surface area contributed by atoms with Crippen LogP contribution in [0.4, 0.5) is 5.69 Å². The second-order valence-electron chi connectivity index (χ2n) is 9.32. The fraction of sp³-hybridized carbons (Fsp3) is 0.167. The lowest BCUT2D eigenvalue weighted by Gasteiger charge is -2.25. The van der Waals surface area contributed by atoms with E-state index < -0.39 is 6.04 Å². The maximum atomic E-state index is 13.6. The van der Waals surface area contributed by atoms with Gasteiger partial charge in [0.25, 0.3) is 5.91 Å². The Balaban J connectivity index is 1.30. The minimum atomic E-state index is -0.563. The third kappa shape index (κ3) is 4.29. The van der Waals surface area contributed by atoms with Crippen molar-refractivity contribution in [1.29, 1.82) is 0 Å². The predicted octanol–water partition coefficient (Wildman–Crippen LogP) is 5.40. The second-order valence-corrected chi connectivity index (χ2v) is 9.32. The molecule has 3 aromatic heterocycles. The molecule has 1 aliphatic heterocycles. The number of aryl methyl sites for hydroxylation is 1. The van der Waals surface area contributed by atoms with E-state index in [1.807, 2.05) is 67.6 Å². The summed E-state index contributed by atoms with van der Waals surface area (Å²) in [6.07, 6.45) is 4.72. The molecule has 6 rings (SSSR count). The van der Waals surface area contributed by atoms with Crippen LogP contribution in [0.2, 0.25) is 0 Å². The molecule has 0 spiro atoms. The van der Waals surface area contributed by atoms with Gasteiger partial charge in [-0.2, -0.15) is 0 Å². The average molecular weight is 488 g/mol. The zero-order chi connectivity index (χ0) is 25.4. The molecule has 1 fully saturated rings. The molecular formula is C30H25N5O2. The summed E-state index contributed by atoms with van der Waals surface area (Å²) >= 11 is 0. The molecule has 1 saturated heterocycles. The van der Waals surface area contributed by atoms with E-state index in [-0.39, 0.29) is 11.8 Å². The summed E-state index contributed by atoms with van der Waals surface area (Å²) in [7, 11) is 0. The number of nitrogens with one attached hydrogen (secondary N) is 1. The monoisotopic (exact) mass is 487 g/mol. The molecule has 2 amide bonds. The van der Waals surface area contributed by atoms with E-state index in [2.05, 4.69) is 15.3 Å². The van der Waals surface area contributed by atoms with E-state index in [4.69, 9.17) is 4.98 Å². The van der Waals surface area contributed by atoms with Crippen LogP contribution < -0.4 is 5.32 Å². The Labute approximate surface area is 214 Å². The van der Waals surface area contributed by atoms with Crippen LogP contribution in [0, 0.1) is 6.92 Å². The number of aromatic nitrogens is 3. The number of pyridine rings is 3. The summed E-state index contributed by atoms with van der Waals surface area (Å²) in [6.45, 7) is 2.51. The minimum Gasteiger partial charge on any atom is -0.327 e. The van der Waals surface area contributed by atoms with Crippen molar-refractivity contribution < 1.29 is 9.59 Å². The number of benzene rings is 2. The van der Waals surface area contributed by atoms with Gasteiger partial charge < -0.3 is 10.2 Å². The highest BCUT2D eigenvalue weighted by atomic mass is 16.2. The number of likely N-dealkylation sites (tertiary alicyclic amines) is 1.